The number of aryl methyl sites for hydroxylation is 1. The molecule has 0 aliphatic carbocycles. The largest absolute Gasteiger partial charge is 0.511 e. The van der Waals surface area contributed by atoms with Crippen LogP contribution in [-0.4, -0.2) is 104 Å². The highest BCUT2D eigenvalue weighted by Crippen LogP contribution is 2.28. The summed E-state index contributed by atoms with van der Waals surface area (Å²) in [5, 5.41) is 11.5. The molecule has 2 saturated heterocycles. The summed E-state index contributed by atoms with van der Waals surface area (Å²) in [6, 6.07) is 2.93. The number of nitriles is 1. The van der Waals surface area contributed by atoms with Gasteiger partial charge in [-0.25, -0.2) is 23.1 Å². The summed E-state index contributed by atoms with van der Waals surface area (Å²) in [6.45, 7) is 11.8. The molecule has 0 radical (unpaired) electrons. The molecule has 1 aromatic rings. The van der Waals surface area contributed by atoms with E-state index in [0.717, 1.165) is 52.0 Å². The third-order valence-corrected chi connectivity index (χ3v) is 9.51. The molecule has 1 unspecified atom stereocenters. The predicted octanol–water partition coefficient (Wildman–Crippen LogP) is 2.87. The molecule has 3 rings (SSSR count). The van der Waals surface area contributed by atoms with E-state index in [1.807, 2.05) is 26.0 Å². The number of piperazine rings is 1. The molecule has 4 N–H and O–H groups in total. The van der Waals surface area contributed by atoms with Gasteiger partial charge in [-0.05, 0) is 64.8 Å². The third-order valence-electron chi connectivity index (χ3n) is 8.31. The van der Waals surface area contributed by atoms with Gasteiger partial charge in [0.05, 0.1) is 11.8 Å². The Morgan fingerprint density at radius 2 is 1.80 bits per heavy atom. The highest BCUT2D eigenvalue weighted by molar-refractivity contribution is 7.90. The maximum absolute atomic E-state index is 12.6. The van der Waals surface area contributed by atoms with E-state index in [4.69, 9.17) is 11.0 Å². The number of alkyl halides is 3. The Bertz CT molecular complexity index is 1460. The van der Waals surface area contributed by atoms with Gasteiger partial charge in [0, 0.05) is 56.9 Å². The fourth-order valence-electron chi connectivity index (χ4n) is 5.72. The standard InChI is InChI=1S/C30H44F3N9O3S/c1-5-22(18-34)8-9-23(6-2)19-40-14-10-25(11-15-40)42-17-16-41(20-24(42)7-3)28-21(4)38-26(27(35)39-28)29(43)36-12-13-37-46(44,45)30(31,32)33/h5-6,8-9,24-25,37H,7,10-17,19-20H2,1-4H3,(H2,35,39)(H,36,43)/b9-8-,22-5+,23-6+. The van der Waals surface area contributed by atoms with Crippen LogP contribution in [0.25, 0.3) is 0 Å². The number of carbonyl (C=O) groups excluding carboxylic acids is 1. The zero-order valence-electron chi connectivity index (χ0n) is 26.8. The number of nitrogens with one attached hydrogen (secondary N) is 2. The van der Waals surface area contributed by atoms with E-state index in [1.165, 1.54) is 10.3 Å². The normalized spacial score (nSPS) is 19.9. The molecule has 46 heavy (non-hydrogen) atoms. The van der Waals surface area contributed by atoms with E-state index < -0.39 is 34.5 Å². The number of piperidine rings is 1. The fourth-order valence-corrected chi connectivity index (χ4v) is 6.26. The van der Waals surface area contributed by atoms with Crippen molar-refractivity contribution < 1.29 is 26.4 Å². The number of carbonyl (C=O) groups is 1. The van der Waals surface area contributed by atoms with Crippen LogP contribution in [0.15, 0.2) is 35.5 Å². The first-order valence-electron chi connectivity index (χ1n) is 15.4. The van der Waals surface area contributed by atoms with Crippen LogP contribution in [0.2, 0.25) is 0 Å². The van der Waals surface area contributed by atoms with E-state index in [9.17, 15) is 26.4 Å². The molecule has 1 aromatic heterocycles. The van der Waals surface area contributed by atoms with E-state index in [-0.39, 0.29) is 17.6 Å². The molecule has 254 valence electrons. The first-order chi connectivity index (χ1) is 21.7. The van der Waals surface area contributed by atoms with E-state index in [0.29, 0.717) is 29.7 Å². The molecule has 2 aliphatic rings. The van der Waals surface area contributed by atoms with Crippen molar-refractivity contribution >= 4 is 27.6 Å². The van der Waals surface area contributed by atoms with Crippen molar-refractivity contribution in [1.29, 1.82) is 5.26 Å². The van der Waals surface area contributed by atoms with Gasteiger partial charge in [-0.3, -0.25) is 14.6 Å². The van der Waals surface area contributed by atoms with Gasteiger partial charge in [0.25, 0.3) is 5.91 Å². The minimum atomic E-state index is -5.50. The number of aromatic nitrogens is 2. The summed E-state index contributed by atoms with van der Waals surface area (Å²) in [7, 11) is -5.50. The van der Waals surface area contributed by atoms with Gasteiger partial charge in [0.15, 0.2) is 17.3 Å². The summed E-state index contributed by atoms with van der Waals surface area (Å²) >= 11 is 0. The molecule has 1 amide bonds. The maximum Gasteiger partial charge on any atom is 0.511 e. The van der Waals surface area contributed by atoms with Crippen LogP contribution in [0.4, 0.5) is 24.8 Å². The van der Waals surface area contributed by atoms with Crippen molar-refractivity contribution in [2.45, 2.75) is 64.5 Å². The zero-order valence-corrected chi connectivity index (χ0v) is 27.6. The van der Waals surface area contributed by atoms with Crippen molar-refractivity contribution in [3.05, 3.63) is 46.8 Å². The lowest BCUT2D eigenvalue weighted by molar-refractivity contribution is -0.0447. The van der Waals surface area contributed by atoms with Crippen molar-refractivity contribution in [3.63, 3.8) is 0 Å². The lowest BCUT2D eigenvalue weighted by atomic mass is 9.97. The van der Waals surface area contributed by atoms with Crippen molar-refractivity contribution in [3.8, 4) is 6.07 Å². The van der Waals surface area contributed by atoms with Crippen molar-refractivity contribution in [2.24, 2.45) is 0 Å². The van der Waals surface area contributed by atoms with Crippen LogP contribution in [0, 0.1) is 18.3 Å². The Balaban J connectivity index is 1.56. The monoisotopic (exact) mass is 667 g/mol. The van der Waals surface area contributed by atoms with Crippen LogP contribution < -0.4 is 20.7 Å². The molecule has 2 aliphatic heterocycles. The Morgan fingerprint density at radius 1 is 1.11 bits per heavy atom. The predicted molar refractivity (Wildman–Crippen MR) is 171 cm³/mol. The zero-order chi connectivity index (χ0) is 34.1. The number of nitrogens with two attached hydrogens (primary N) is 1. The van der Waals surface area contributed by atoms with Crippen molar-refractivity contribution in [2.75, 3.05) is 63.0 Å². The van der Waals surface area contributed by atoms with Crippen LogP contribution in [0.3, 0.4) is 0 Å². The Hall–Kier alpha value is -3.52. The number of likely N-dealkylation sites (tertiary alicyclic amines) is 1. The molecule has 0 bridgehead atoms. The molecule has 0 aromatic carbocycles. The Kier molecular flexibility index (Phi) is 13.1. The molecular formula is C30H44F3N9O3S. The lowest BCUT2D eigenvalue weighted by Crippen LogP contribution is -2.58. The fraction of sp³-hybridized carbons (Fsp3) is 0.600. The van der Waals surface area contributed by atoms with Gasteiger partial charge in [0.2, 0.25) is 0 Å². The summed E-state index contributed by atoms with van der Waals surface area (Å²) in [6.07, 6.45) is 10.8. The minimum Gasteiger partial charge on any atom is -0.382 e. The van der Waals surface area contributed by atoms with Gasteiger partial charge in [-0.1, -0.05) is 25.2 Å². The van der Waals surface area contributed by atoms with Gasteiger partial charge >= 0.3 is 15.5 Å². The molecule has 0 spiro atoms. The quantitative estimate of drug-likeness (QED) is 0.172. The average molecular weight is 668 g/mol. The topological polar surface area (TPSA) is 161 Å². The number of hydrogen-bond acceptors (Lipinski definition) is 10. The second-order valence-corrected chi connectivity index (χ2v) is 13.0. The lowest BCUT2D eigenvalue weighted by Gasteiger charge is -2.48. The molecule has 3 heterocycles. The number of nitrogens with zero attached hydrogens (tertiary/aromatic N) is 6. The Morgan fingerprint density at radius 3 is 2.39 bits per heavy atom. The van der Waals surface area contributed by atoms with Gasteiger partial charge in [0.1, 0.15) is 0 Å². The maximum atomic E-state index is 12.6. The molecule has 12 nitrogen and oxygen atoms in total. The number of nitrogen functional groups attached to an aromatic ring is 1. The van der Waals surface area contributed by atoms with Crippen molar-refractivity contribution in [1.82, 2.24) is 29.8 Å². The molecule has 1 atom stereocenters. The second-order valence-electron chi connectivity index (χ2n) is 11.3. The average Bonchev–Trinajstić information content (AvgIpc) is 3.03. The Labute approximate surface area is 269 Å². The number of rotatable bonds is 12. The van der Waals surface area contributed by atoms with Crippen LogP contribution in [0.5, 0.6) is 0 Å². The summed E-state index contributed by atoms with van der Waals surface area (Å²) in [5.41, 5.74) is 2.77. The van der Waals surface area contributed by atoms with Crippen LogP contribution >= 0.6 is 0 Å². The first kappa shape index (κ1) is 36.9. The van der Waals surface area contributed by atoms with Crippen LogP contribution in [-0.2, 0) is 10.0 Å². The number of halogens is 3. The van der Waals surface area contributed by atoms with Gasteiger partial charge in [-0.2, -0.15) is 18.4 Å². The number of amides is 1. The second kappa shape index (κ2) is 16.3. The van der Waals surface area contributed by atoms with E-state index >= 15 is 0 Å². The number of hydrogen-bond donors (Lipinski definition) is 3. The summed E-state index contributed by atoms with van der Waals surface area (Å²) in [4.78, 5) is 28.6. The van der Waals surface area contributed by atoms with Crippen LogP contribution in [0.1, 0.15) is 56.2 Å². The number of anilines is 2. The van der Waals surface area contributed by atoms with E-state index in [2.05, 4.69) is 49.1 Å². The molecule has 0 saturated carbocycles. The summed E-state index contributed by atoms with van der Waals surface area (Å²) in [5.74, 6) is -0.318. The first-order valence-corrected chi connectivity index (χ1v) is 16.8. The minimum absolute atomic E-state index is 0.123. The van der Waals surface area contributed by atoms with Gasteiger partial charge < -0.3 is 16.0 Å². The molecular weight excluding hydrogens is 623 g/mol. The number of sulfonamides is 1. The third kappa shape index (κ3) is 9.50. The number of allylic oxidation sites excluding steroid dienone is 4. The smallest absolute Gasteiger partial charge is 0.382 e. The molecule has 2 fully saturated rings. The van der Waals surface area contributed by atoms with E-state index in [1.54, 1.807) is 13.0 Å². The highest BCUT2D eigenvalue weighted by atomic mass is 32.2. The SMILES string of the molecule is C\C=C(C#N)/C=C\C(=C/C)CN1CCC(N2CCN(c3nc(N)c(C(=O)NCCNS(=O)(=O)C(F)(F)F)nc3C)CC2CC)CC1. The highest BCUT2D eigenvalue weighted by Gasteiger charge is 2.45. The summed E-state index contributed by atoms with van der Waals surface area (Å²) < 4.78 is 61.0. The molecule has 16 heteroatoms. The van der Waals surface area contributed by atoms with Gasteiger partial charge in [-0.15, -0.1) is 0 Å².